The van der Waals surface area contributed by atoms with Crippen molar-refractivity contribution >= 4 is 11.8 Å². The Hall–Kier alpha value is -2.22. The van der Waals surface area contributed by atoms with Gasteiger partial charge in [0.1, 0.15) is 5.82 Å². The number of hydrogen-bond acceptors (Lipinski definition) is 7. The molecule has 1 aromatic heterocycles. The molecule has 1 fully saturated rings. The summed E-state index contributed by atoms with van der Waals surface area (Å²) in [6.07, 6.45) is 0.970. The van der Waals surface area contributed by atoms with Gasteiger partial charge in [-0.2, -0.15) is 4.98 Å². The van der Waals surface area contributed by atoms with Crippen molar-refractivity contribution in [2.75, 3.05) is 56.2 Å². The highest BCUT2D eigenvalue weighted by molar-refractivity contribution is 5.43. The fourth-order valence-electron chi connectivity index (χ4n) is 3.31. The van der Waals surface area contributed by atoms with E-state index in [0.717, 1.165) is 38.5 Å². The number of aromatic nitrogens is 2. The van der Waals surface area contributed by atoms with Gasteiger partial charge in [-0.1, -0.05) is 24.3 Å². The molecular weight excluding hydrogens is 342 g/mol. The molecule has 1 aliphatic rings. The van der Waals surface area contributed by atoms with Crippen molar-refractivity contribution in [3.8, 4) is 0 Å². The molecule has 0 amide bonds. The maximum absolute atomic E-state index is 9.63. The van der Waals surface area contributed by atoms with E-state index in [4.69, 9.17) is 5.11 Å². The lowest BCUT2D eigenvalue weighted by molar-refractivity contribution is 0.101. The fraction of sp³-hybridized carbons (Fsp3) is 0.500. The molecule has 1 aromatic carbocycles. The molecule has 2 aromatic rings. The Kier molecular flexibility index (Phi) is 6.60. The predicted octanol–water partition coefficient (Wildman–Crippen LogP) is 0.897. The van der Waals surface area contributed by atoms with Gasteiger partial charge in [0.15, 0.2) is 0 Å². The van der Waals surface area contributed by atoms with E-state index < -0.39 is 6.10 Å². The molecule has 7 nitrogen and oxygen atoms in total. The Bertz CT molecular complexity index is 734. The molecule has 1 atom stereocenters. The molecule has 1 saturated heterocycles. The molecule has 2 N–H and O–H groups in total. The number of aliphatic hydroxyl groups excluding tert-OH is 2. The maximum atomic E-state index is 9.63. The van der Waals surface area contributed by atoms with Gasteiger partial charge in [0.05, 0.1) is 12.7 Å². The van der Waals surface area contributed by atoms with Crippen molar-refractivity contribution in [1.82, 2.24) is 14.9 Å². The molecule has 2 heterocycles. The van der Waals surface area contributed by atoms with Crippen molar-refractivity contribution in [3.05, 3.63) is 47.7 Å². The van der Waals surface area contributed by atoms with Crippen molar-refractivity contribution < 1.29 is 10.2 Å². The first-order chi connectivity index (χ1) is 13.1. The highest BCUT2D eigenvalue weighted by Gasteiger charge is 2.20. The number of rotatable bonds is 7. The van der Waals surface area contributed by atoms with Crippen LogP contribution >= 0.6 is 0 Å². The van der Waals surface area contributed by atoms with Gasteiger partial charge in [-0.3, -0.25) is 4.90 Å². The number of nitrogens with zero attached hydrogens (tertiary/aromatic N) is 5. The van der Waals surface area contributed by atoms with Crippen molar-refractivity contribution in [2.45, 2.75) is 19.6 Å². The molecule has 3 rings (SSSR count). The van der Waals surface area contributed by atoms with Crippen LogP contribution in [0.3, 0.4) is 0 Å². The summed E-state index contributed by atoms with van der Waals surface area (Å²) in [7, 11) is 1.85. The van der Waals surface area contributed by atoms with Crippen LogP contribution in [-0.4, -0.2) is 77.6 Å². The summed E-state index contributed by atoms with van der Waals surface area (Å²) >= 11 is 0. The Morgan fingerprint density at radius 3 is 2.59 bits per heavy atom. The lowest BCUT2D eigenvalue weighted by Gasteiger charge is -2.35. The number of benzene rings is 1. The lowest BCUT2D eigenvalue weighted by atomic mass is 10.1. The van der Waals surface area contributed by atoms with Gasteiger partial charge in [0.2, 0.25) is 5.95 Å². The van der Waals surface area contributed by atoms with Gasteiger partial charge in [-0.15, -0.1) is 0 Å². The quantitative estimate of drug-likeness (QED) is 0.749. The van der Waals surface area contributed by atoms with Crippen molar-refractivity contribution in [2.24, 2.45) is 0 Å². The van der Waals surface area contributed by atoms with E-state index in [9.17, 15) is 5.11 Å². The van der Waals surface area contributed by atoms with Crippen molar-refractivity contribution in [1.29, 1.82) is 0 Å². The number of aliphatic hydroxyl groups is 2. The van der Waals surface area contributed by atoms with E-state index >= 15 is 0 Å². The van der Waals surface area contributed by atoms with Gasteiger partial charge in [0.25, 0.3) is 0 Å². The largest absolute Gasteiger partial charge is 0.394 e. The summed E-state index contributed by atoms with van der Waals surface area (Å²) in [5.74, 6) is 1.46. The molecule has 7 heteroatoms. The number of hydrogen-bond donors (Lipinski definition) is 2. The first-order valence-electron chi connectivity index (χ1n) is 9.41. The van der Waals surface area contributed by atoms with Crippen LogP contribution in [0.1, 0.15) is 11.1 Å². The van der Waals surface area contributed by atoms with Crippen LogP contribution in [0, 0.1) is 6.92 Å². The number of anilines is 2. The van der Waals surface area contributed by atoms with Gasteiger partial charge < -0.3 is 20.0 Å². The van der Waals surface area contributed by atoms with Gasteiger partial charge in [-0.25, -0.2) is 4.98 Å². The molecule has 146 valence electrons. The minimum atomic E-state index is -0.779. The van der Waals surface area contributed by atoms with E-state index in [1.807, 2.05) is 18.0 Å². The summed E-state index contributed by atoms with van der Waals surface area (Å²) in [5, 5.41) is 18.6. The molecule has 0 aliphatic carbocycles. The predicted molar refractivity (Wildman–Crippen MR) is 107 cm³/mol. The molecule has 0 spiro atoms. The second kappa shape index (κ2) is 9.12. The molecule has 0 saturated carbocycles. The summed E-state index contributed by atoms with van der Waals surface area (Å²) in [6, 6.07) is 10.4. The maximum Gasteiger partial charge on any atom is 0.227 e. The van der Waals surface area contributed by atoms with Gasteiger partial charge in [-0.05, 0) is 24.1 Å². The second-order valence-corrected chi connectivity index (χ2v) is 7.12. The molecule has 0 bridgehead atoms. The minimum absolute atomic E-state index is 0.259. The van der Waals surface area contributed by atoms with E-state index in [-0.39, 0.29) is 6.61 Å². The number of aryl methyl sites for hydroxylation is 1. The average Bonchev–Trinajstić information content (AvgIpc) is 2.70. The third-order valence-corrected chi connectivity index (χ3v) is 5.02. The van der Waals surface area contributed by atoms with Crippen LogP contribution in [0.4, 0.5) is 11.8 Å². The zero-order chi connectivity index (χ0) is 19.2. The SMILES string of the molecule is Cc1ccccc1CN1CCN(c2nccc(N(C)CC(O)CO)n2)CC1. The Labute approximate surface area is 160 Å². The normalized spacial score (nSPS) is 16.4. The average molecular weight is 371 g/mol. The topological polar surface area (TPSA) is 76.0 Å². The van der Waals surface area contributed by atoms with Crippen LogP contribution in [0.25, 0.3) is 0 Å². The summed E-state index contributed by atoms with van der Waals surface area (Å²) in [4.78, 5) is 15.6. The Balaban J connectivity index is 1.58. The lowest BCUT2D eigenvalue weighted by Crippen LogP contribution is -2.46. The van der Waals surface area contributed by atoms with E-state index in [2.05, 4.69) is 51.0 Å². The monoisotopic (exact) mass is 371 g/mol. The van der Waals surface area contributed by atoms with Crippen molar-refractivity contribution in [3.63, 3.8) is 0 Å². The first kappa shape index (κ1) is 19.5. The zero-order valence-electron chi connectivity index (χ0n) is 16.1. The highest BCUT2D eigenvalue weighted by Crippen LogP contribution is 2.17. The third-order valence-electron chi connectivity index (χ3n) is 5.02. The minimum Gasteiger partial charge on any atom is -0.394 e. The van der Waals surface area contributed by atoms with Gasteiger partial charge >= 0.3 is 0 Å². The second-order valence-electron chi connectivity index (χ2n) is 7.12. The zero-order valence-corrected chi connectivity index (χ0v) is 16.1. The molecule has 1 unspecified atom stereocenters. The Morgan fingerprint density at radius 2 is 1.89 bits per heavy atom. The van der Waals surface area contributed by atoms with Crippen LogP contribution in [0.2, 0.25) is 0 Å². The van der Waals surface area contributed by atoms with E-state index in [0.29, 0.717) is 12.5 Å². The first-order valence-corrected chi connectivity index (χ1v) is 9.41. The Morgan fingerprint density at radius 1 is 1.15 bits per heavy atom. The number of piperazine rings is 1. The number of likely N-dealkylation sites (N-methyl/N-ethyl adjacent to an activating group) is 1. The van der Waals surface area contributed by atoms with Gasteiger partial charge in [0, 0.05) is 52.5 Å². The fourth-order valence-corrected chi connectivity index (χ4v) is 3.31. The smallest absolute Gasteiger partial charge is 0.227 e. The van der Waals surface area contributed by atoms with Crippen LogP contribution in [-0.2, 0) is 6.54 Å². The van der Waals surface area contributed by atoms with Crippen LogP contribution in [0.5, 0.6) is 0 Å². The van der Waals surface area contributed by atoms with E-state index in [1.54, 1.807) is 6.20 Å². The molecule has 1 aliphatic heterocycles. The standard InChI is InChI=1S/C20H29N5O2/c1-16-5-3-4-6-17(16)13-24-9-11-25(12-10-24)20-21-8-7-19(22-20)23(2)14-18(27)15-26/h3-8,18,26-27H,9-15H2,1-2H3. The van der Waals surface area contributed by atoms with Crippen LogP contribution in [0.15, 0.2) is 36.5 Å². The van der Waals surface area contributed by atoms with Crippen LogP contribution < -0.4 is 9.80 Å². The third kappa shape index (κ3) is 5.15. The van der Waals surface area contributed by atoms with E-state index in [1.165, 1.54) is 11.1 Å². The summed E-state index contributed by atoms with van der Waals surface area (Å²) < 4.78 is 0. The molecule has 0 radical (unpaired) electrons. The summed E-state index contributed by atoms with van der Waals surface area (Å²) in [6.45, 7) is 6.93. The highest BCUT2D eigenvalue weighted by atomic mass is 16.3. The molecule has 27 heavy (non-hydrogen) atoms. The molecular formula is C20H29N5O2. The summed E-state index contributed by atoms with van der Waals surface area (Å²) in [5.41, 5.74) is 2.72.